The van der Waals surface area contributed by atoms with Gasteiger partial charge in [0.2, 0.25) is 0 Å². The third kappa shape index (κ3) is 2.02. The minimum absolute atomic E-state index is 0.135. The summed E-state index contributed by atoms with van der Waals surface area (Å²) in [6.07, 6.45) is -0.559. The molecule has 0 aromatic carbocycles. The van der Waals surface area contributed by atoms with Crippen molar-refractivity contribution in [3.8, 4) is 0 Å². The molecule has 0 radical (unpaired) electrons. The molecular formula is C10H13F2N3O2. The van der Waals surface area contributed by atoms with Crippen molar-refractivity contribution in [3.63, 3.8) is 0 Å². The van der Waals surface area contributed by atoms with Crippen molar-refractivity contribution in [2.75, 3.05) is 5.73 Å². The smallest absolute Gasteiger partial charge is 0.351 e. The van der Waals surface area contributed by atoms with Gasteiger partial charge < -0.3 is 10.5 Å². The molecule has 1 aromatic rings. The number of hydrogen-bond acceptors (Lipinski definition) is 4. The van der Waals surface area contributed by atoms with Crippen LogP contribution in [0.3, 0.4) is 0 Å². The molecule has 17 heavy (non-hydrogen) atoms. The number of halogens is 2. The molecule has 2 N–H and O–H groups in total. The van der Waals surface area contributed by atoms with Crippen LogP contribution in [0.5, 0.6) is 0 Å². The quantitative estimate of drug-likeness (QED) is 0.801. The van der Waals surface area contributed by atoms with Crippen molar-refractivity contribution in [2.45, 2.75) is 38.3 Å². The van der Waals surface area contributed by atoms with Crippen molar-refractivity contribution < 1.29 is 13.5 Å². The summed E-state index contributed by atoms with van der Waals surface area (Å²) in [5.74, 6) is -1.37. The highest BCUT2D eigenvalue weighted by Gasteiger charge is 2.46. The first-order valence-corrected chi connectivity index (χ1v) is 5.20. The summed E-state index contributed by atoms with van der Waals surface area (Å²) in [4.78, 5) is 14.8. The van der Waals surface area contributed by atoms with Gasteiger partial charge >= 0.3 is 5.69 Å². The number of alkyl halides is 1. The first-order valence-electron chi connectivity index (χ1n) is 5.20. The van der Waals surface area contributed by atoms with Gasteiger partial charge in [-0.1, -0.05) is 0 Å². The molecule has 1 aliphatic rings. The minimum atomic E-state index is -1.74. The third-order valence-electron chi connectivity index (χ3n) is 2.75. The highest BCUT2D eigenvalue weighted by Crippen LogP contribution is 2.40. The monoisotopic (exact) mass is 245 g/mol. The van der Waals surface area contributed by atoms with E-state index in [2.05, 4.69) is 4.98 Å². The maximum Gasteiger partial charge on any atom is 0.351 e. The van der Waals surface area contributed by atoms with Crippen molar-refractivity contribution in [3.05, 3.63) is 22.5 Å². The van der Waals surface area contributed by atoms with Crippen LogP contribution in [0.1, 0.15) is 26.5 Å². The summed E-state index contributed by atoms with van der Waals surface area (Å²) in [5.41, 5.74) is 2.58. The van der Waals surface area contributed by atoms with E-state index in [1.807, 2.05) is 0 Å². The lowest BCUT2D eigenvalue weighted by Gasteiger charge is -2.22. The average Bonchev–Trinajstić information content (AvgIpc) is 2.45. The van der Waals surface area contributed by atoms with E-state index in [1.54, 1.807) is 6.92 Å². The molecule has 1 saturated heterocycles. The van der Waals surface area contributed by atoms with Gasteiger partial charge in [-0.2, -0.15) is 4.98 Å². The van der Waals surface area contributed by atoms with Gasteiger partial charge in [0.1, 0.15) is 0 Å². The molecule has 3 atom stereocenters. The van der Waals surface area contributed by atoms with Gasteiger partial charge in [-0.15, -0.1) is 0 Å². The second-order valence-electron chi connectivity index (χ2n) is 4.45. The fraction of sp³-hybridized carbons (Fsp3) is 0.600. The zero-order chi connectivity index (χ0) is 12.8. The Morgan fingerprint density at radius 1 is 1.71 bits per heavy atom. The van der Waals surface area contributed by atoms with Crippen LogP contribution in [-0.2, 0) is 4.74 Å². The van der Waals surface area contributed by atoms with Crippen molar-refractivity contribution >= 4 is 5.82 Å². The first kappa shape index (κ1) is 12.0. The fourth-order valence-electron chi connectivity index (χ4n) is 2.05. The van der Waals surface area contributed by atoms with Crippen LogP contribution in [-0.4, -0.2) is 21.3 Å². The molecule has 0 saturated carbocycles. The number of aromatic nitrogens is 2. The van der Waals surface area contributed by atoms with E-state index in [4.69, 9.17) is 10.5 Å². The van der Waals surface area contributed by atoms with E-state index < -0.39 is 29.2 Å². The van der Waals surface area contributed by atoms with E-state index in [9.17, 15) is 13.6 Å². The van der Waals surface area contributed by atoms with Gasteiger partial charge in [-0.3, -0.25) is 4.57 Å². The van der Waals surface area contributed by atoms with E-state index in [1.165, 1.54) is 6.92 Å². The highest BCUT2D eigenvalue weighted by molar-refractivity contribution is 5.26. The first-order chi connectivity index (χ1) is 7.81. The Balaban J connectivity index is 2.48. The number of rotatable bonds is 1. The van der Waals surface area contributed by atoms with Crippen LogP contribution < -0.4 is 11.4 Å². The molecule has 2 rings (SSSR count). The van der Waals surface area contributed by atoms with E-state index in [0.29, 0.717) is 0 Å². The predicted molar refractivity (Wildman–Crippen MR) is 56.6 cm³/mol. The Morgan fingerprint density at radius 2 is 2.35 bits per heavy atom. The van der Waals surface area contributed by atoms with Crippen LogP contribution in [0.4, 0.5) is 14.6 Å². The molecule has 5 nitrogen and oxygen atoms in total. The number of nitrogens with two attached hydrogens (primary N) is 1. The van der Waals surface area contributed by atoms with Gasteiger partial charge in [0, 0.05) is 6.42 Å². The lowest BCUT2D eigenvalue weighted by Crippen LogP contribution is -2.36. The normalized spacial score (nSPS) is 32.9. The molecule has 0 spiro atoms. The Kier molecular flexibility index (Phi) is 2.65. The standard InChI is InChI=1S/C10H13F2N3O2/c1-5-3-10(2,12)8(17-5)15-4-6(11)7(13)14-9(15)16/h4-5,8H,3H2,1-2H3,(H2,13,14,16). The molecule has 1 fully saturated rings. The van der Waals surface area contributed by atoms with Gasteiger partial charge in [0.15, 0.2) is 23.5 Å². The Morgan fingerprint density at radius 3 is 2.88 bits per heavy atom. The molecule has 3 unspecified atom stereocenters. The van der Waals surface area contributed by atoms with Gasteiger partial charge in [-0.05, 0) is 13.8 Å². The van der Waals surface area contributed by atoms with Crippen LogP contribution in [0, 0.1) is 5.82 Å². The number of ether oxygens (including phenoxy) is 1. The van der Waals surface area contributed by atoms with Gasteiger partial charge in [-0.25, -0.2) is 13.6 Å². The van der Waals surface area contributed by atoms with Gasteiger partial charge in [0.05, 0.1) is 12.3 Å². The summed E-state index contributed by atoms with van der Waals surface area (Å²) in [7, 11) is 0. The van der Waals surface area contributed by atoms with E-state index in [0.717, 1.165) is 10.8 Å². The Hall–Kier alpha value is -1.50. The molecular weight excluding hydrogens is 232 g/mol. The second-order valence-corrected chi connectivity index (χ2v) is 4.45. The molecule has 0 aliphatic carbocycles. The molecule has 1 aromatic heterocycles. The average molecular weight is 245 g/mol. The predicted octanol–water partition coefficient (Wildman–Crippen LogP) is 1.00. The lowest BCUT2D eigenvalue weighted by atomic mass is 10.0. The number of nitrogens with zero attached hydrogens (tertiary/aromatic N) is 2. The van der Waals surface area contributed by atoms with Crippen molar-refractivity contribution in [2.24, 2.45) is 0 Å². The second kappa shape index (κ2) is 3.76. The maximum atomic E-state index is 14.2. The summed E-state index contributed by atoms with van der Waals surface area (Å²) in [6, 6.07) is 0. The Bertz CT molecular complexity index is 501. The molecule has 1 aliphatic heterocycles. The Labute approximate surface area is 96.2 Å². The minimum Gasteiger partial charge on any atom is -0.381 e. The van der Waals surface area contributed by atoms with Crippen LogP contribution in [0.25, 0.3) is 0 Å². The largest absolute Gasteiger partial charge is 0.381 e. The lowest BCUT2D eigenvalue weighted by molar-refractivity contribution is -0.0453. The van der Waals surface area contributed by atoms with Crippen LogP contribution in [0.2, 0.25) is 0 Å². The zero-order valence-electron chi connectivity index (χ0n) is 9.48. The van der Waals surface area contributed by atoms with E-state index in [-0.39, 0.29) is 12.5 Å². The maximum absolute atomic E-state index is 14.2. The molecule has 0 bridgehead atoms. The zero-order valence-corrected chi connectivity index (χ0v) is 9.48. The SMILES string of the molecule is CC1CC(C)(F)C(n2cc(F)c(N)nc2=O)O1. The summed E-state index contributed by atoms with van der Waals surface area (Å²) >= 11 is 0. The number of anilines is 1. The van der Waals surface area contributed by atoms with Crippen molar-refractivity contribution in [1.29, 1.82) is 0 Å². The summed E-state index contributed by atoms with van der Waals surface area (Å²) < 4.78 is 33.5. The molecule has 94 valence electrons. The highest BCUT2D eigenvalue weighted by atomic mass is 19.1. The molecule has 7 heteroatoms. The van der Waals surface area contributed by atoms with E-state index >= 15 is 0 Å². The van der Waals surface area contributed by atoms with Crippen molar-refractivity contribution in [1.82, 2.24) is 9.55 Å². The summed E-state index contributed by atoms with van der Waals surface area (Å²) in [5, 5.41) is 0. The van der Waals surface area contributed by atoms with Crippen LogP contribution >= 0.6 is 0 Å². The number of hydrogen-bond donors (Lipinski definition) is 1. The third-order valence-corrected chi connectivity index (χ3v) is 2.75. The van der Waals surface area contributed by atoms with Crippen LogP contribution in [0.15, 0.2) is 11.0 Å². The molecule has 2 heterocycles. The fourth-order valence-corrected chi connectivity index (χ4v) is 2.05. The van der Waals surface area contributed by atoms with Gasteiger partial charge in [0.25, 0.3) is 0 Å². The topological polar surface area (TPSA) is 70.1 Å². The molecule has 0 amide bonds. The summed E-state index contributed by atoms with van der Waals surface area (Å²) in [6.45, 7) is 2.99. The number of nitrogen functional groups attached to an aromatic ring is 1.